The summed E-state index contributed by atoms with van der Waals surface area (Å²) in [6.45, 7) is 0. The molecule has 2 aromatic heterocycles. The van der Waals surface area contributed by atoms with E-state index in [1.165, 1.54) is 17.8 Å². The summed E-state index contributed by atoms with van der Waals surface area (Å²) in [7, 11) is 0. The molecular weight excluding hydrogens is 327 g/mol. The van der Waals surface area contributed by atoms with E-state index in [-0.39, 0.29) is 5.82 Å². The monoisotopic (exact) mass is 334 g/mol. The largest absolute Gasteiger partial charge is 0.254 e. The summed E-state index contributed by atoms with van der Waals surface area (Å²) in [5, 5.41) is 0. The van der Waals surface area contributed by atoms with Crippen LogP contribution in [-0.4, -0.2) is 9.97 Å². The van der Waals surface area contributed by atoms with E-state index in [1.807, 2.05) is 18.2 Å². The fourth-order valence-electron chi connectivity index (χ4n) is 1.71. The molecule has 0 amide bonds. The van der Waals surface area contributed by atoms with Crippen LogP contribution in [0.25, 0.3) is 11.0 Å². The molecule has 1 aromatic carbocycles. The standard InChI is InChI=1S/C14H8BrFN2S/c15-9-7-11-14(18-8-9)13(5-6-17-11)19-12-4-2-1-3-10(12)16/h1-8H. The van der Waals surface area contributed by atoms with Crippen molar-refractivity contribution in [3.05, 3.63) is 59.1 Å². The Balaban J connectivity index is 2.09. The first-order valence-corrected chi connectivity index (χ1v) is 7.17. The van der Waals surface area contributed by atoms with Crippen molar-refractivity contribution >= 4 is 38.7 Å². The summed E-state index contributed by atoms with van der Waals surface area (Å²) in [6.07, 6.45) is 3.43. The summed E-state index contributed by atoms with van der Waals surface area (Å²) in [4.78, 5) is 10.1. The number of rotatable bonds is 2. The molecule has 19 heavy (non-hydrogen) atoms. The maximum Gasteiger partial charge on any atom is 0.137 e. The lowest BCUT2D eigenvalue weighted by Gasteiger charge is -2.06. The normalized spacial score (nSPS) is 10.8. The van der Waals surface area contributed by atoms with Gasteiger partial charge in [0.25, 0.3) is 0 Å². The summed E-state index contributed by atoms with van der Waals surface area (Å²) >= 11 is 4.72. The van der Waals surface area contributed by atoms with Crippen molar-refractivity contribution in [1.29, 1.82) is 0 Å². The highest BCUT2D eigenvalue weighted by Gasteiger charge is 2.08. The number of benzene rings is 1. The smallest absolute Gasteiger partial charge is 0.137 e. The van der Waals surface area contributed by atoms with Gasteiger partial charge in [0.15, 0.2) is 0 Å². The summed E-state index contributed by atoms with van der Waals surface area (Å²) in [5.41, 5.74) is 1.56. The molecule has 0 saturated carbocycles. The van der Waals surface area contributed by atoms with Crippen molar-refractivity contribution in [2.75, 3.05) is 0 Å². The van der Waals surface area contributed by atoms with Gasteiger partial charge in [-0.2, -0.15) is 0 Å². The van der Waals surface area contributed by atoms with Crippen molar-refractivity contribution in [3.63, 3.8) is 0 Å². The van der Waals surface area contributed by atoms with Crippen LogP contribution >= 0.6 is 27.7 Å². The summed E-state index contributed by atoms with van der Waals surface area (Å²) in [6, 6.07) is 10.5. The van der Waals surface area contributed by atoms with Gasteiger partial charge in [0, 0.05) is 26.7 Å². The molecule has 2 nitrogen and oxygen atoms in total. The van der Waals surface area contributed by atoms with Gasteiger partial charge in [-0.05, 0) is 40.2 Å². The van der Waals surface area contributed by atoms with Gasteiger partial charge in [-0.15, -0.1) is 0 Å². The van der Waals surface area contributed by atoms with E-state index in [9.17, 15) is 4.39 Å². The third-order valence-electron chi connectivity index (χ3n) is 2.56. The van der Waals surface area contributed by atoms with E-state index < -0.39 is 0 Å². The van der Waals surface area contributed by atoms with Gasteiger partial charge in [0.1, 0.15) is 11.3 Å². The molecule has 0 atom stereocenters. The average molecular weight is 335 g/mol. The minimum absolute atomic E-state index is 0.227. The van der Waals surface area contributed by atoms with Crippen LogP contribution in [0.4, 0.5) is 4.39 Å². The van der Waals surface area contributed by atoms with Crippen LogP contribution in [0.1, 0.15) is 0 Å². The van der Waals surface area contributed by atoms with E-state index in [0.717, 1.165) is 20.4 Å². The van der Waals surface area contributed by atoms with Crippen LogP contribution in [0.5, 0.6) is 0 Å². The number of nitrogens with zero attached hydrogens (tertiary/aromatic N) is 2. The quantitative estimate of drug-likeness (QED) is 0.680. The van der Waals surface area contributed by atoms with Crippen molar-refractivity contribution in [1.82, 2.24) is 9.97 Å². The number of halogens is 2. The van der Waals surface area contributed by atoms with Gasteiger partial charge in [-0.25, -0.2) is 4.39 Å². The predicted octanol–water partition coefficient (Wildman–Crippen LogP) is 4.68. The SMILES string of the molecule is Fc1ccccc1Sc1ccnc2cc(Br)cnc12. The highest BCUT2D eigenvalue weighted by Crippen LogP contribution is 2.33. The second kappa shape index (κ2) is 5.27. The fourth-order valence-corrected chi connectivity index (χ4v) is 2.96. The van der Waals surface area contributed by atoms with Gasteiger partial charge in [0.2, 0.25) is 0 Å². The Hall–Kier alpha value is -1.46. The van der Waals surface area contributed by atoms with Gasteiger partial charge in [0.05, 0.1) is 5.52 Å². The van der Waals surface area contributed by atoms with Crippen molar-refractivity contribution in [3.8, 4) is 0 Å². The van der Waals surface area contributed by atoms with Crippen LogP contribution in [0.3, 0.4) is 0 Å². The van der Waals surface area contributed by atoms with Crippen molar-refractivity contribution in [2.24, 2.45) is 0 Å². The van der Waals surface area contributed by atoms with Gasteiger partial charge < -0.3 is 0 Å². The highest BCUT2D eigenvalue weighted by molar-refractivity contribution is 9.10. The molecule has 0 fully saturated rings. The Bertz CT molecular complexity index is 748. The molecule has 94 valence electrons. The fraction of sp³-hybridized carbons (Fsp3) is 0. The number of hydrogen-bond donors (Lipinski definition) is 0. The lowest BCUT2D eigenvalue weighted by molar-refractivity contribution is 0.602. The summed E-state index contributed by atoms with van der Waals surface area (Å²) in [5.74, 6) is -0.227. The van der Waals surface area contributed by atoms with Gasteiger partial charge in [-0.1, -0.05) is 23.9 Å². The Morgan fingerprint density at radius 2 is 1.89 bits per heavy atom. The minimum Gasteiger partial charge on any atom is -0.254 e. The zero-order valence-corrected chi connectivity index (χ0v) is 12.1. The summed E-state index contributed by atoms with van der Waals surface area (Å²) < 4.78 is 14.6. The van der Waals surface area contributed by atoms with Crippen LogP contribution in [-0.2, 0) is 0 Å². The first-order chi connectivity index (χ1) is 9.24. The van der Waals surface area contributed by atoms with Gasteiger partial charge in [-0.3, -0.25) is 9.97 Å². The number of hydrogen-bond acceptors (Lipinski definition) is 3. The maximum atomic E-state index is 13.7. The Kier molecular flexibility index (Phi) is 3.48. The molecule has 0 N–H and O–H groups in total. The van der Waals surface area contributed by atoms with Gasteiger partial charge >= 0.3 is 0 Å². The molecule has 0 aliphatic rings. The topological polar surface area (TPSA) is 25.8 Å². The molecular formula is C14H8BrFN2S. The Labute approximate surface area is 122 Å². The minimum atomic E-state index is -0.227. The molecule has 0 radical (unpaired) electrons. The average Bonchev–Trinajstić information content (AvgIpc) is 2.41. The van der Waals surface area contributed by atoms with E-state index in [1.54, 1.807) is 24.5 Å². The second-order valence-electron chi connectivity index (χ2n) is 3.86. The second-order valence-corrected chi connectivity index (χ2v) is 5.86. The highest BCUT2D eigenvalue weighted by atomic mass is 79.9. The molecule has 0 saturated heterocycles. The number of aromatic nitrogens is 2. The molecule has 3 aromatic rings. The lowest BCUT2D eigenvalue weighted by Crippen LogP contribution is -1.87. The van der Waals surface area contributed by atoms with Crippen LogP contribution in [0.2, 0.25) is 0 Å². The molecule has 2 heterocycles. The first-order valence-electron chi connectivity index (χ1n) is 5.57. The Morgan fingerprint density at radius 3 is 2.74 bits per heavy atom. The first kappa shape index (κ1) is 12.6. The lowest BCUT2D eigenvalue weighted by atomic mass is 10.3. The molecule has 0 unspecified atom stereocenters. The van der Waals surface area contributed by atoms with Crippen LogP contribution < -0.4 is 0 Å². The Morgan fingerprint density at radius 1 is 1.05 bits per heavy atom. The van der Waals surface area contributed by atoms with Crippen LogP contribution in [0.15, 0.2) is 63.1 Å². The molecule has 0 aliphatic carbocycles. The molecule has 0 aliphatic heterocycles. The van der Waals surface area contributed by atoms with E-state index >= 15 is 0 Å². The van der Waals surface area contributed by atoms with E-state index in [0.29, 0.717) is 4.90 Å². The maximum absolute atomic E-state index is 13.7. The number of fused-ring (bicyclic) bond motifs is 1. The van der Waals surface area contributed by atoms with E-state index in [4.69, 9.17) is 0 Å². The zero-order valence-electron chi connectivity index (χ0n) is 9.68. The third kappa shape index (κ3) is 2.62. The molecule has 0 bridgehead atoms. The van der Waals surface area contributed by atoms with Crippen LogP contribution in [0, 0.1) is 5.82 Å². The van der Waals surface area contributed by atoms with Crippen molar-refractivity contribution < 1.29 is 4.39 Å². The van der Waals surface area contributed by atoms with Crippen molar-refractivity contribution in [2.45, 2.75) is 9.79 Å². The zero-order chi connectivity index (χ0) is 13.2. The molecule has 3 rings (SSSR count). The molecule has 5 heteroatoms. The predicted molar refractivity (Wildman–Crippen MR) is 77.8 cm³/mol. The molecule has 0 spiro atoms. The van der Waals surface area contributed by atoms with E-state index in [2.05, 4.69) is 25.9 Å². The third-order valence-corrected chi connectivity index (χ3v) is 4.10. The number of pyridine rings is 2.